The number of benzene rings is 1. The van der Waals surface area contributed by atoms with Gasteiger partial charge in [-0.25, -0.2) is 13.2 Å². The van der Waals surface area contributed by atoms with Gasteiger partial charge in [0.15, 0.2) is 11.6 Å². The lowest BCUT2D eigenvalue weighted by Gasteiger charge is -2.12. The van der Waals surface area contributed by atoms with Crippen LogP contribution in [0.4, 0.5) is 18.9 Å². The Morgan fingerprint density at radius 1 is 1.31 bits per heavy atom. The molecule has 1 aromatic rings. The van der Waals surface area contributed by atoms with Crippen molar-refractivity contribution < 1.29 is 17.9 Å². The molecule has 0 aromatic heterocycles. The van der Waals surface area contributed by atoms with E-state index in [0.29, 0.717) is 19.2 Å². The minimum Gasteiger partial charge on any atom is -0.380 e. The zero-order valence-corrected chi connectivity index (χ0v) is 8.60. The van der Waals surface area contributed by atoms with Crippen molar-refractivity contribution in [1.29, 1.82) is 0 Å². The molecule has 16 heavy (non-hydrogen) atoms. The van der Waals surface area contributed by atoms with Gasteiger partial charge in [0.05, 0.1) is 11.8 Å². The molecule has 0 amide bonds. The van der Waals surface area contributed by atoms with Crippen molar-refractivity contribution in [2.75, 3.05) is 18.5 Å². The quantitative estimate of drug-likeness (QED) is 0.807. The van der Waals surface area contributed by atoms with Crippen LogP contribution in [0.15, 0.2) is 12.1 Å². The fourth-order valence-electron chi connectivity index (χ4n) is 1.71. The number of nitrogens with one attached hydrogen (secondary N) is 1. The Morgan fingerprint density at radius 3 is 2.81 bits per heavy atom. The Hall–Kier alpha value is -1.23. The molecule has 1 aliphatic heterocycles. The predicted molar refractivity (Wildman–Crippen MR) is 53.8 cm³/mol. The first-order valence-corrected chi connectivity index (χ1v) is 5.17. The zero-order valence-electron chi connectivity index (χ0n) is 8.60. The first-order valence-electron chi connectivity index (χ1n) is 5.17. The molecule has 2 nitrogen and oxygen atoms in total. The highest BCUT2D eigenvalue weighted by atomic mass is 19.2. The van der Waals surface area contributed by atoms with E-state index < -0.39 is 17.5 Å². The van der Waals surface area contributed by atoms with Crippen molar-refractivity contribution in [3.8, 4) is 0 Å². The zero-order chi connectivity index (χ0) is 11.5. The standard InChI is InChI=1S/C11H12F3NO/c12-7-4-9(13)11(14)10(5-7)15-6-8-2-1-3-16-8/h4-5,8,15H,1-3,6H2. The van der Waals surface area contributed by atoms with Gasteiger partial charge in [-0.15, -0.1) is 0 Å². The monoisotopic (exact) mass is 231 g/mol. The summed E-state index contributed by atoms with van der Waals surface area (Å²) in [5, 5.41) is 2.66. The molecular weight excluding hydrogens is 219 g/mol. The Labute approximate surface area is 91.4 Å². The molecule has 1 N–H and O–H groups in total. The van der Waals surface area contributed by atoms with Crippen molar-refractivity contribution in [1.82, 2.24) is 0 Å². The minimum atomic E-state index is -1.19. The van der Waals surface area contributed by atoms with E-state index in [1.54, 1.807) is 0 Å². The Kier molecular flexibility index (Phi) is 3.33. The summed E-state index contributed by atoms with van der Waals surface area (Å²) in [6.45, 7) is 1.05. The SMILES string of the molecule is Fc1cc(F)c(F)c(NCC2CCCO2)c1. The van der Waals surface area contributed by atoms with Gasteiger partial charge in [-0.1, -0.05) is 0 Å². The van der Waals surface area contributed by atoms with Crippen molar-refractivity contribution >= 4 is 5.69 Å². The summed E-state index contributed by atoms with van der Waals surface area (Å²) in [7, 11) is 0. The Balaban J connectivity index is 2.02. The van der Waals surface area contributed by atoms with Gasteiger partial charge in [0.1, 0.15) is 5.82 Å². The molecule has 1 fully saturated rings. The number of hydrogen-bond donors (Lipinski definition) is 1. The average Bonchev–Trinajstić information content (AvgIpc) is 2.74. The van der Waals surface area contributed by atoms with Crippen LogP contribution in [-0.2, 0) is 4.74 Å². The summed E-state index contributed by atoms with van der Waals surface area (Å²) >= 11 is 0. The number of halogens is 3. The van der Waals surface area contributed by atoms with Gasteiger partial charge in [-0.3, -0.25) is 0 Å². The molecule has 0 saturated carbocycles. The summed E-state index contributed by atoms with van der Waals surface area (Å²) < 4.78 is 44.2. The van der Waals surface area contributed by atoms with Crippen LogP contribution < -0.4 is 5.32 Å². The second-order valence-electron chi connectivity index (χ2n) is 3.77. The molecule has 88 valence electrons. The van der Waals surface area contributed by atoms with Crippen LogP contribution in [0.25, 0.3) is 0 Å². The third-order valence-corrected chi connectivity index (χ3v) is 2.54. The number of rotatable bonds is 3. The van der Waals surface area contributed by atoms with Crippen molar-refractivity contribution in [3.05, 3.63) is 29.6 Å². The first kappa shape index (κ1) is 11.3. The summed E-state index contributed by atoms with van der Waals surface area (Å²) in [4.78, 5) is 0. The van der Waals surface area contributed by atoms with E-state index >= 15 is 0 Å². The molecule has 1 heterocycles. The fraction of sp³-hybridized carbons (Fsp3) is 0.455. The van der Waals surface area contributed by atoms with Crippen LogP contribution in [0, 0.1) is 17.5 Å². The van der Waals surface area contributed by atoms with E-state index in [1.807, 2.05) is 0 Å². The molecule has 1 aliphatic rings. The van der Waals surface area contributed by atoms with Crippen molar-refractivity contribution in [3.63, 3.8) is 0 Å². The van der Waals surface area contributed by atoms with Gasteiger partial charge < -0.3 is 10.1 Å². The number of ether oxygens (including phenoxy) is 1. The van der Waals surface area contributed by atoms with Crippen LogP contribution >= 0.6 is 0 Å². The van der Waals surface area contributed by atoms with Crippen LogP contribution in [0.5, 0.6) is 0 Å². The molecule has 5 heteroatoms. The van der Waals surface area contributed by atoms with Gasteiger partial charge in [0.2, 0.25) is 0 Å². The largest absolute Gasteiger partial charge is 0.380 e. The van der Waals surface area contributed by atoms with E-state index in [2.05, 4.69) is 5.32 Å². The minimum absolute atomic E-state index is 0.00858. The van der Waals surface area contributed by atoms with E-state index in [0.717, 1.165) is 18.9 Å². The van der Waals surface area contributed by atoms with Gasteiger partial charge in [-0.05, 0) is 12.8 Å². The second kappa shape index (κ2) is 4.74. The summed E-state index contributed by atoms with van der Waals surface area (Å²) in [6.07, 6.45) is 1.84. The molecule has 2 rings (SSSR count). The number of anilines is 1. The second-order valence-corrected chi connectivity index (χ2v) is 3.77. The summed E-state index contributed by atoms with van der Waals surface area (Å²) in [5.74, 6) is -3.04. The van der Waals surface area contributed by atoms with Gasteiger partial charge in [0, 0.05) is 25.3 Å². The molecule has 1 saturated heterocycles. The van der Waals surface area contributed by atoms with Crippen LogP contribution in [0.3, 0.4) is 0 Å². The topological polar surface area (TPSA) is 21.3 Å². The third kappa shape index (κ3) is 2.47. The fourth-order valence-corrected chi connectivity index (χ4v) is 1.71. The smallest absolute Gasteiger partial charge is 0.182 e. The maximum absolute atomic E-state index is 13.2. The highest BCUT2D eigenvalue weighted by molar-refractivity contribution is 5.45. The predicted octanol–water partition coefficient (Wildman–Crippen LogP) is 2.69. The van der Waals surface area contributed by atoms with Crippen LogP contribution in [0.1, 0.15) is 12.8 Å². The number of hydrogen-bond acceptors (Lipinski definition) is 2. The lowest BCUT2D eigenvalue weighted by atomic mass is 10.2. The molecule has 0 radical (unpaired) electrons. The lowest BCUT2D eigenvalue weighted by Crippen LogP contribution is -2.19. The van der Waals surface area contributed by atoms with Gasteiger partial charge in [-0.2, -0.15) is 0 Å². The molecular formula is C11H12F3NO. The van der Waals surface area contributed by atoms with Crippen LogP contribution in [-0.4, -0.2) is 19.3 Å². The van der Waals surface area contributed by atoms with Crippen molar-refractivity contribution in [2.45, 2.75) is 18.9 Å². The van der Waals surface area contributed by atoms with Gasteiger partial charge >= 0.3 is 0 Å². The average molecular weight is 231 g/mol. The van der Waals surface area contributed by atoms with Gasteiger partial charge in [0.25, 0.3) is 0 Å². The normalized spacial score (nSPS) is 20.1. The Morgan fingerprint density at radius 2 is 2.12 bits per heavy atom. The van der Waals surface area contributed by atoms with E-state index in [-0.39, 0.29) is 11.8 Å². The van der Waals surface area contributed by atoms with Crippen molar-refractivity contribution in [2.24, 2.45) is 0 Å². The van der Waals surface area contributed by atoms with E-state index in [4.69, 9.17) is 4.74 Å². The molecule has 0 bridgehead atoms. The molecule has 1 aromatic carbocycles. The molecule has 1 atom stereocenters. The summed E-state index contributed by atoms with van der Waals surface area (Å²) in [6, 6.07) is 1.46. The maximum Gasteiger partial charge on any atom is 0.182 e. The lowest BCUT2D eigenvalue weighted by molar-refractivity contribution is 0.120. The molecule has 0 aliphatic carbocycles. The first-order chi connectivity index (χ1) is 7.66. The van der Waals surface area contributed by atoms with Crippen LogP contribution in [0.2, 0.25) is 0 Å². The third-order valence-electron chi connectivity index (χ3n) is 2.54. The molecule has 1 unspecified atom stereocenters. The van der Waals surface area contributed by atoms with E-state index in [9.17, 15) is 13.2 Å². The highest BCUT2D eigenvalue weighted by Crippen LogP contribution is 2.20. The Bertz CT molecular complexity index is 378. The van der Waals surface area contributed by atoms with E-state index in [1.165, 1.54) is 0 Å². The summed E-state index contributed by atoms with van der Waals surface area (Å²) in [5.41, 5.74) is -0.159. The maximum atomic E-state index is 13.2. The highest BCUT2D eigenvalue weighted by Gasteiger charge is 2.17. The molecule has 0 spiro atoms.